The van der Waals surface area contributed by atoms with E-state index in [2.05, 4.69) is 21.2 Å². The molecule has 0 heterocycles. The van der Waals surface area contributed by atoms with E-state index in [9.17, 15) is 10.2 Å². The van der Waals surface area contributed by atoms with Gasteiger partial charge >= 0.3 is 0 Å². The summed E-state index contributed by atoms with van der Waals surface area (Å²) in [6.45, 7) is 1.95. The van der Waals surface area contributed by atoms with Crippen molar-refractivity contribution in [2.75, 3.05) is 5.32 Å². The molecule has 3 nitrogen and oxygen atoms in total. The number of aromatic hydroxyl groups is 2. The van der Waals surface area contributed by atoms with Gasteiger partial charge in [0, 0.05) is 21.8 Å². The van der Waals surface area contributed by atoms with E-state index in [4.69, 9.17) is 0 Å². The lowest BCUT2D eigenvalue weighted by molar-refractivity contribution is 0.444. The van der Waals surface area contributed by atoms with Gasteiger partial charge in [0.25, 0.3) is 0 Å². The number of phenolic OH excluding ortho intramolecular Hbond substituents is 2. The maximum atomic E-state index is 9.79. The summed E-state index contributed by atoms with van der Waals surface area (Å²) in [4.78, 5) is 0. The van der Waals surface area contributed by atoms with Gasteiger partial charge in [0.15, 0.2) is 0 Å². The molecule has 2 aromatic rings. The zero-order valence-electron chi connectivity index (χ0n) is 9.89. The first-order valence-corrected chi connectivity index (χ1v) is 6.39. The molecule has 0 aliphatic heterocycles. The predicted octanol–water partition coefficient (Wildman–Crippen LogP) is 4.03. The maximum Gasteiger partial charge on any atom is 0.124 e. The average molecular weight is 308 g/mol. The quantitative estimate of drug-likeness (QED) is 0.802. The molecular formula is C14H14BrNO2. The van der Waals surface area contributed by atoms with Gasteiger partial charge in [0.1, 0.15) is 11.5 Å². The topological polar surface area (TPSA) is 52.5 Å². The molecule has 0 bridgehead atoms. The van der Waals surface area contributed by atoms with E-state index in [1.54, 1.807) is 12.1 Å². The van der Waals surface area contributed by atoms with E-state index in [-0.39, 0.29) is 17.5 Å². The lowest BCUT2D eigenvalue weighted by Crippen LogP contribution is -2.06. The Bertz CT molecular complexity index is 557. The minimum Gasteiger partial charge on any atom is -0.508 e. The Kier molecular flexibility index (Phi) is 3.77. The van der Waals surface area contributed by atoms with Crippen molar-refractivity contribution in [1.29, 1.82) is 0 Å². The Morgan fingerprint density at radius 1 is 1.11 bits per heavy atom. The predicted molar refractivity (Wildman–Crippen MR) is 76.0 cm³/mol. The zero-order valence-corrected chi connectivity index (χ0v) is 11.5. The fourth-order valence-corrected chi connectivity index (χ4v) is 2.20. The molecule has 0 radical (unpaired) electrons. The van der Waals surface area contributed by atoms with Crippen molar-refractivity contribution in [3.63, 3.8) is 0 Å². The van der Waals surface area contributed by atoms with E-state index in [1.807, 2.05) is 31.2 Å². The van der Waals surface area contributed by atoms with Gasteiger partial charge in [-0.3, -0.25) is 0 Å². The fraction of sp³-hybridized carbons (Fsp3) is 0.143. The Balaban J connectivity index is 2.19. The first-order valence-electron chi connectivity index (χ1n) is 5.60. The van der Waals surface area contributed by atoms with Crippen LogP contribution < -0.4 is 5.32 Å². The number of phenols is 2. The van der Waals surface area contributed by atoms with Crippen LogP contribution in [0.5, 0.6) is 11.5 Å². The maximum absolute atomic E-state index is 9.79. The number of rotatable bonds is 3. The van der Waals surface area contributed by atoms with Crippen LogP contribution in [0, 0.1) is 0 Å². The molecule has 0 amide bonds. The van der Waals surface area contributed by atoms with Gasteiger partial charge in [-0.15, -0.1) is 0 Å². The molecular weight excluding hydrogens is 294 g/mol. The average Bonchev–Trinajstić information content (AvgIpc) is 2.28. The van der Waals surface area contributed by atoms with Gasteiger partial charge in [0.2, 0.25) is 0 Å². The number of nitrogens with one attached hydrogen (secondary N) is 1. The van der Waals surface area contributed by atoms with Gasteiger partial charge in [-0.1, -0.05) is 22.0 Å². The molecule has 18 heavy (non-hydrogen) atoms. The molecule has 2 rings (SSSR count). The van der Waals surface area contributed by atoms with Crippen LogP contribution in [-0.4, -0.2) is 10.2 Å². The molecule has 0 saturated heterocycles. The number of hydrogen-bond donors (Lipinski definition) is 3. The Hall–Kier alpha value is -1.68. The van der Waals surface area contributed by atoms with Crippen molar-refractivity contribution in [2.45, 2.75) is 13.0 Å². The third-order valence-corrected chi connectivity index (χ3v) is 3.18. The second-order valence-electron chi connectivity index (χ2n) is 4.12. The zero-order chi connectivity index (χ0) is 13.1. The molecule has 0 aliphatic carbocycles. The smallest absolute Gasteiger partial charge is 0.124 e. The summed E-state index contributed by atoms with van der Waals surface area (Å²) in [6.07, 6.45) is 0. The molecule has 0 spiro atoms. The van der Waals surface area contributed by atoms with Crippen LogP contribution in [-0.2, 0) is 0 Å². The van der Waals surface area contributed by atoms with Crippen LogP contribution in [0.1, 0.15) is 18.5 Å². The second-order valence-corrected chi connectivity index (χ2v) is 5.04. The van der Waals surface area contributed by atoms with E-state index >= 15 is 0 Å². The minimum absolute atomic E-state index is 0.0556. The molecule has 2 aromatic carbocycles. The number of benzene rings is 2. The molecule has 0 saturated carbocycles. The van der Waals surface area contributed by atoms with Crippen LogP contribution >= 0.6 is 15.9 Å². The van der Waals surface area contributed by atoms with Gasteiger partial charge in [-0.25, -0.2) is 0 Å². The lowest BCUT2D eigenvalue weighted by Gasteiger charge is -2.17. The van der Waals surface area contributed by atoms with Gasteiger partial charge in [-0.2, -0.15) is 0 Å². The largest absolute Gasteiger partial charge is 0.508 e. The summed E-state index contributed by atoms with van der Waals surface area (Å²) < 4.78 is 0.995. The van der Waals surface area contributed by atoms with Crippen molar-refractivity contribution >= 4 is 21.6 Å². The Morgan fingerprint density at radius 3 is 2.56 bits per heavy atom. The molecule has 0 fully saturated rings. The minimum atomic E-state index is -0.0556. The molecule has 94 valence electrons. The summed E-state index contributed by atoms with van der Waals surface area (Å²) in [5.41, 5.74) is 1.71. The SMILES string of the molecule is CC(Nc1cccc(Br)c1)c1ccc(O)cc1O. The number of hydrogen-bond acceptors (Lipinski definition) is 3. The second kappa shape index (κ2) is 5.31. The monoisotopic (exact) mass is 307 g/mol. The molecule has 1 unspecified atom stereocenters. The van der Waals surface area contributed by atoms with Crippen molar-refractivity contribution in [1.82, 2.24) is 0 Å². The highest BCUT2D eigenvalue weighted by molar-refractivity contribution is 9.10. The summed E-state index contributed by atoms with van der Waals surface area (Å²) in [5, 5.41) is 22.3. The molecule has 0 aromatic heterocycles. The highest BCUT2D eigenvalue weighted by Gasteiger charge is 2.10. The van der Waals surface area contributed by atoms with Crippen molar-refractivity contribution < 1.29 is 10.2 Å². The van der Waals surface area contributed by atoms with Crippen LogP contribution in [0.4, 0.5) is 5.69 Å². The van der Waals surface area contributed by atoms with Crippen molar-refractivity contribution in [3.05, 3.63) is 52.5 Å². The standard InChI is InChI=1S/C14H14BrNO2/c1-9(13-6-5-12(17)8-14(13)18)16-11-4-2-3-10(15)7-11/h2-9,16-18H,1H3. The summed E-state index contributed by atoms with van der Waals surface area (Å²) >= 11 is 3.41. The van der Waals surface area contributed by atoms with Crippen molar-refractivity contribution in [3.8, 4) is 11.5 Å². The first kappa shape index (κ1) is 12.8. The van der Waals surface area contributed by atoms with Crippen molar-refractivity contribution in [2.24, 2.45) is 0 Å². The molecule has 4 heteroatoms. The van der Waals surface area contributed by atoms with Crippen LogP contribution in [0.3, 0.4) is 0 Å². The lowest BCUT2D eigenvalue weighted by atomic mass is 10.1. The highest BCUT2D eigenvalue weighted by Crippen LogP contribution is 2.30. The van der Waals surface area contributed by atoms with Crippen LogP contribution in [0.25, 0.3) is 0 Å². The fourth-order valence-electron chi connectivity index (χ4n) is 1.80. The van der Waals surface area contributed by atoms with Crippen LogP contribution in [0.2, 0.25) is 0 Å². The Labute approximate surface area is 114 Å². The highest BCUT2D eigenvalue weighted by atomic mass is 79.9. The number of halogens is 1. The van der Waals surface area contributed by atoms with Gasteiger partial charge in [-0.05, 0) is 37.3 Å². The Morgan fingerprint density at radius 2 is 1.89 bits per heavy atom. The first-order chi connectivity index (χ1) is 8.56. The normalized spacial score (nSPS) is 12.1. The van der Waals surface area contributed by atoms with Gasteiger partial charge < -0.3 is 15.5 Å². The summed E-state index contributed by atoms with van der Waals surface area (Å²) in [6, 6.07) is 12.4. The molecule has 1 atom stereocenters. The third-order valence-electron chi connectivity index (χ3n) is 2.69. The third kappa shape index (κ3) is 2.96. The van der Waals surface area contributed by atoms with E-state index in [1.165, 1.54) is 6.07 Å². The van der Waals surface area contributed by atoms with E-state index in [0.717, 1.165) is 15.7 Å². The summed E-state index contributed by atoms with van der Waals surface area (Å²) in [5.74, 6) is 0.149. The molecule has 3 N–H and O–H groups in total. The van der Waals surface area contributed by atoms with E-state index in [0.29, 0.717) is 0 Å². The van der Waals surface area contributed by atoms with Gasteiger partial charge in [0.05, 0.1) is 6.04 Å². The van der Waals surface area contributed by atoms with E-state index < -0.39 is 0 Å². The molecule has 0 aliphatic rings. The van der Waals surface area contributed by atoms with Crippen LogP contribution in [0.15, 0.2) is 46.9 Å². The summed E-state index contributed by atoms with van der Waals surface area (Å²) in [7, 11) is 0. The number of anilines is 1.